The Hall–Kier alpha value is -4.30. The molecule has 49 heavy (non-hydrogen) atoms. The van der Waals surface area contributed by atoms with Crippen molar-refractivity contribution in [3.8, 4) is 33.6 Å². The summed E-state index contributed by atoms with van der Waals surface area (Å²) in [5.41, 5.74) is 15.3. The molecule has 0 saturated heterocycles. The zero-order chi connectivity index (χ0) is 34.2. The van der Waals surface area contributed by atoms with Gasteiger partial charge in [-0.05, 0) is 114 Å². The fourth-order valence-corrected chi connectivity index (χ4v) is 10.1. The molecule has 0 spiro atoms. The van der Waals surface area contributed by atoms with Crippen LogP contribution in [0.2, 0.25) is 0 Å². The van der Waals surface area contributed by atoms with Gasteiger partial charge in [0.15, 0.2) is 17.9 Å². The highest BCUT2D eigenvalue weighted by Gasteiger charge is 2.59. The Morgan fingerprint density at radius 2 is 1.31 bits per heavy atom. The second-order valence-electron chi connectivity index (χ2n) is 16.1. The Balaban J connectivity index is 1.42. The predicted molar refractivity (Wildman–Crippen MR) is 203 cm³/mol. The number of benzene rings is 3. The highest BCUT2D eigenvalue weighted by molar-refractivity contribution is 5.75. The molecule has 3 heterocycles. The largest absolute Gasteiger partial charge is 0.213 e. The van der Waals surface area contributed by atoms with Gasteiger partial charge in [0.05, 0.1) is 16.5 Å². The van der Waals surface area contributed by atoms with Crippen LogP contribution in [-0.4, -0.2) is 0 Å². The number of pyridine rings is 2. The van der Waals surface area contributed by atoms with Gasteiger partial charge in [0.25, 0.3) is 0 Å². The average Bonchev–Trinajstić information content (AvgIpc) is 3.13. The third kappa shape index (κ3) is 4.59. The highest BCUT2D eigenvalue weighted by Crippen LogP contribution is 2.60. The van der Waals surface area contributed by atoms with Crippen LogP contribution in [0, 0.1) is 6.92 Å². The summed E-state index contributed by atoms with van der Waals surface area (Å²) in [6.07, 6.45) is 16.9. The molecule has 0 radical (unpaired) electrons. The van der Waals surface area contributed by atoms with Crippen LogP contribution in [0.4, 0.5) is 0 Å². The fourth-order valence-electron chi connectivity index (χ4n) is 10.1. The molecule has 1 fully saturated rings. The minimum Gasteiger partial charge on any atom is -0.201 e. The van der Waals surface area contributed by atoms with Gasteiger partial charge in [-0.1, -0.05) is 88.4 Å². The Bertz CT molecular complexity index is 2110. The number of nitrogens with zero attached hydrogens (tertiary/aromatic N) is 2. The van der Waals surface area contributed by atoms with E-state index in [1.807, 2.05) is 0 Å². The molecule has 2 aromatic heterocycles. The summed E-state index contributed by atoms with van der Waals surface area (Å²) in [7, 11) is 2.14. The van der Waals surface area contributed by atoms with Crippen molar-refractivity contribution >= 4 is 6.08 Å². The third-order valence-electron chi connectivity index (χ3n) is 13.6. The average molecular weight is 645 g/mol. The maximum atomic E-state index is 2.71. The van der Waals surface area contributed by atoms with Crippen LogP contribution in [0.3, 0.4) is 0 Å². The molecule has 2 bridgehead atoms. The van der Waals surface area contributed by atoms with Gasteiger partial charge in [-0.3, -0.25) is 0 Å². The van der Waals surface area contributed by atoms with Crippen molar-refractivity contribution in [3.63, 3.8) is 0 Å². The summed E-state index contributed by atoms with van der Waals surface area (Å²) < 4.78 is 4.93. The Morgan fingerprint density at radius 3 is 1.98 bits per heavy atom. The zero-order valence-corrected chi connectivity index (χ0v) is 30.6. The van der Waals surface area contributed by atoms with Crippen molar-refractivity contribution < 1.29 is 9.13 Å². The van der Waals surface area contributed by atoms with Crippen LogP contribution in [-0.2, 0) is 28.8 Å². The fraction of sp³-hybridized carbons (Fsp3) is 0.362. The van der Waals surface area contributed by atoms with E-state index in [-0.39, 0.29) is 21.8 Å². The molecule has 3 aromatic carbocycles. The number of rotatable bonds is 6. The predicted octanol–water partition coefficient (Wildman–Crippen LogP) is 10.7. The molecular formula is C47H52N2+2. The lowest BCUT2D eigenvalue weighted by molar-refractivity contribution is -0.755. The molecule has 2 heteroatoms. The molecule has 2 atom stereocenters. The first-order valence-electron chi connectivity index (χ1n) is 18.6. The number of aryl methyl sites for hydroxylation is 2. The third-order valence-corrected chi connectivity index (χ3v) is 13.6. The Morgan fingerprint density at radius 1 is 0.653 bits per heavy atom. The monoisotopic (exact) mass is 644 g/mol. The summed E-state index contributed by atoms with van der Waals surface area (Å²) in [6.45, 7) is 14.8. The minimum atomic E-state index is -0.292. The number of fused-ring (bicyclic) bond motifs is 5. The van der Waals surface area contributed by atoms with Crippen LogP contribution >= 0.6 is 0 Å². The molecule has 2 nitrogen and oxygen atoms in total. The van der Waals surface area contributed by atoms with Crippen LogP contribution in [0.15, 0.2) is 109 Å². The van der Waals surface area contributed by atoms with Crippen LogP contribution in [0.25, 0.3) is 39.7 Å². The van der Waals surface area contributed by atoms with Crippen molar-refractivity contribution in [1.29, 1.82) is 0 Å². The van der Waals surface area contributed by atoms with E-state index >= 15 is 0 Å². The molecular weight excluding hydrogens is 593 g/mol. The zero-order valence-electron chi connectivity index (χ0n) is 30.6. The highest BCUT2D eigenvalue weighted by atomic mass is 15.1. The van der Waals surface area contributed by atoms with Gasteiger partial charge in [0.2, 0.25) is 11.4 Å². The second kappa shape index (κ2) is 11.4. The first kappa shape index (κ1) is 31.9. The summed E-state index contributed by atoms with van der Waals surface area (Å²) in [5.74, 6) is 0. The van der Waals surface area contributed by atoms with E-state index in [0.717, 1.165) is 12.8 Å². The first-order chi connectivity index (χ1) is 23.6. The quantitative estimate of drug-likeness (QED) is 0.163. The van der Waals surface area contributed by atoms with E-state index in [1.165, 1.54) is 76.0 Å². The van der Waals surface area contributed by atoms with E-state index < -0.39 is 0 Å². The lowest BCUT2D eigenvalue weighted by atomic mass is 9.50. The minimum absolute atomic E-state index is 0.135. The standard InChI is InChI=1S/C47H52N2/c1-8-46(6)39-31-41-40(44(4)24-26-45(41,5)27-25-44)30-37(39)43-29-33(3)38(34-17-11-10-12-18-34)32-49(43)47(46,9-2)23-22-35-19-13-14-20-36(35)42-21-15-16-28-48(42)7/h10-23,28-32H,8-9,24-27H2,1-7H3/q+2. The van der Waals surface area contributed by atoms with Crippen LogP contribution < -0.4 is 9.13 Å². The van der Waals surface area contributed by atoms with Gasteiger partial charge in [-0.15, -0.1) is 0 Å². The molecule has 0 N–H and O–H groups in total. The SMILES string of the molecule is CCC1(C)c2cc3c(cc2-c2cc(C)c(-c4ccccc4)c[n+]2C1(C=Cc1ccccc1-c1cccc[n+]1C)CC)C1(C)CCC3(C)CC1. The van der Waals surface area contributed by atoms with Gasteiger partial charge < -0.3 is 0 Å². The van der Waals surface area contributed by atoms with Gasteiger partial charge >= 0.3 is 0 Å². The van der Waals surface area contributed by atoms with Gasteiger partial charge in [-0.25, -0.2) is 4.57 Å². The van der Waals surface area contributed by atoms with E-state index in [2.05, 4.69) is 173 Å². The van der Waals surface area contributed by atoms with E-state index in [9.17, 15) is 0 Å². The number of aromatic nitrogens is 2. The molecule has 1 aliphatic heterocycles. The number of hydrogen-bond donors (Lipinski definition) is 0. The number of hydrogen-bond acceptors (Lipinski definition) is 0. The second-order valence-corrected chi connectivity index (χ2v) is 16.1. The van der Waals surface area contributed by atoms with Crippen molar-refractivity contribution in [3.05, 3.63) is 137 Å². The maximum Gasteiger partial charge on any atom is 0.213 e. The van der Waals surface area contributed by atoms with Crippen molar-refractivity contribution in [2.45, 2.75) is 102 Å². The molecule has 1 saturated carbocycles. The van der Waals surface area contributed by atoms with E-state index in [1.54, 1.807) is 11.1 Å². The smallest absolute Gasteiger partial charge is 0.201 e. The number of allylic oxidation sites excluding steroid dienone is 1. The maximum absolute atomic E-state index is 2.71. The topological polar surface area (TPSA) is 7.76 Å². The summed E-state index contributed by atoms with van der Waals surface area (Å²) in [4.78, 5) is 0. The van der Waals surface area contributed by atoms with Crippen molar-refractivity contribution in [1.82, 2.24) is 0 Å². The van der Waals surface area contributed by atoms with Crippen LogP contribution in [0.5, 0.6) is 0 Å². The van der Waals surface area contributed by atoms with Gasteiger partial charge in [0.1, 0.15) is 7.05 Å². The summed E-state index contributed by atoms with van der Waals surface area (Å²) in [5, 5.41) is 0. The molecule has 4 aliphatic rings. The van der Waals surface area contributed by atoms with Gasteiger partial charge in [-0.2, -0.15) is 4.57 Å². The Kier molecular flexibility index (Phi) is 7.41. The molecule has 5 aromatic rings. The normalized spacial score (nSPS) is 26.8. The lowest BCUT2D eigenvalue weighted by Gasteiger charge is -2.54. The van der Waals surface area contributed by atoms with E-state index in [4.69, 9.17) is 0 Å². The molecule has 0 amide bonds. The van der Waals surface area contributed by atoms with Gasteiger partial charge in [0, 0.05) is 30.2 Å². The summed E-state index contributed by atoms with van der Waals surface area (Å²) >= 11 is 0. The van der Waals surface area contributed by atoms with Crippen molar-refractivity contribution in [2.24, 2.45) is 7.05 Å². The molecule has 3 aliphatic carbocycles. The molecule has 9 rings (SSSR count). The van der Waals surface area contributed by atoms with E-state index in [0.29, 0.717) is 0 Å². The first-order valence-corrected chi connectivity index (χ1v) is 18.6. The van der Waals surface area contributed by atoms with Crippen molar-refractivity contribution in [2.75, 3.05) is 0 Å². The summed E-state index contributed by atoms with van der Waals surface area (Å²) in [6, 6.07) is 34.2. The van der Waals surface area contributed by atoms with Crippen LogP contribution in [0.1, 0.15) is 101 Å². The Labute approximate surface area is 294 Å². The molecule has 2 unspecified atom stereocenters. The molecule has 248 valence electrons. The lowest BCUT2D eigenvalue weighted by Crippen LogP contribution is -2.68.